The molecule has 1 aliphatic carbocycles. The Hall–Kier alpha value is -0.650. The molecule has 1 atom stereocenters. The third-order valence-corrected chi connectivity index (χ3v) is 2.87. The van der Waals surface area contributed by atoms with Gasteiger partial charge < -0.3 is 21.3 Å². The Labute approximate surface area is 89.7 Å². The van der Waals surface area contributed by atoms with Gasteiger partial charge in [0.15, 0.2) is 0 Å². The lowest BCUT2D eigenvalue weighted by Gasteiger charge is -2.25. The van der Waals surface area contributed by atoms with E-state index in [0.717, 1.165) is 25.7 Å². The van der Waals surface area contributed by atoms with Crippen LogP contribution in [0.5, 0.6) is 0 Å². The molecule has 0 unspecified atom stereocenters. The summed E-state index contributed by atoms with van der Waals surface area (Å²) < 4.78 is 0. The molecule has 5 heteroatoms. The van der Waals surface area contributed by atoms with Crippen LogP contribution in [-0.2, 0) is 4.79 Å². The maximum absolute atomic E-state index is 11.6. The smallest absolute Gasteiger partial charge is 0.223 e. The molecule has 1 aliphatic rings. The number of nitrogens with two attached hydrogens (primary N) is 1. The molecular formula is C10H20N2O3. The number of aliphatic hydroxyl groups excluding tert-OH is 2. The Bertz CT molecular complexity index is 203. The van der Waals surface area contributed by atoms with E-state index in [1.54, 1.807) is 0 Å². The van der Waals surface area contributed by atoms with Gasteiger partial charge in [0.05, 0.1) is 12.7 Å². The molecule has 15 heavy (non-hydrogen) atoms. The highest BCUT2D eigenvalue weighted by Crippen LogP contribution is 2.22. The fraction of sp³-hybridized carbons (Fsp3) is 0.900. The predicted molar refractivity (Wildman–Crippen MR) is 56.0 cm³/mol. The van der Waals surface area contributed by atoms with Gasteiger partial charge in [0.1, 0.15) is 0 Å². The molecule has 5 N–H and O–H groups in total. The molecule has 1 fully saturated rings. The van der Waals surface area contributed by atoms with Gasteiger partial charge in [-0.1, -0.05) is 0 Å². The zero-order valence-electron chi connectivity index (χ0n) is 8.85. The number of nitrogens with one attached hydrogen (secondary N) is 1. The monoisotopic (exact) mass is 216 g/mol. The van der Waals surface area contributed by atoms with Crippen molar-refractivity contribution in [3.05, 3.63) is 0 Å². The summed E-state index contributed by atoms with van der Waals surface area (Å²) in [5.74, 6) is -0.00917. The first-order valence-corrected chi connectivity index (χ1v) is 5.45. The minimum atomic E-state index is -0.861. The van der Waals surface area contributed by atoms with E-state index in [-0.39, 0.29) is 31.0 Å². The molecule has 0 radical (unpaired) electrons. The fourth-order valence-corrected chi connectivity index (χ4v) is 1.81. The Balaban J connectivity index is 2.22. The number of hydrogen-bond acceptors (Lipinski definition) is 4. The molecule has 1 rings (SSSR count). The van der Waals surface area contributed by atoms with Crippen LogP contribution in [0.3, 0.4) is 0 Å². The van der Waals surface area contributed by atoms with Crippen LogP contribution in [0.4, 0.5) is 0 Å². The number of amides is 1. The lowest BCUT2D eigenvalue weighted by Crippen LogP contribution is -2.40. The molecule has 1 saturated carbocycles. The number of carbonyl (C=O) groups excluding carboxylic acids is 1. The van der Waals surface area contributed by atoms with Gasteiger partial charge in [0.25, 0.3) is 0 Å². The summed E-state index contributed by atoms with van der Waals surface area (Å²) in [6, 6.07) is 0.233. The number of carbonyl (C=O) groups is 1. The van der Waals surface area contributed by atoms with Gasteiger partial charge >= 0.3 is 0 Å². The summed E-state index contributed by atoms with van der Waals surface area (Å²) in [5.41, 5.74) is 5.74. The second-order valence-corrected chi connectivity index (χ2v) is 4.19. The summed E-state index contributed by atoms with van der Waals surface area (Å²) in [6.45, 7) is -0.201. The highest BCUT2D eigenvalue weighted by Gasteiger charge is 2.24. The van der Waals surface area contributed by atoms with E-state index in [9.17, 15) is 4.79 Å². The zero-order valence-corrected chi connectivity index (χ0v) is 8.85. The van der Waals surface area contributed by atoms with E-state index in [0.29, 0.717) is 0 Å². The highest BCUT2D eigenvalue weighted by atomic mass is 16.3. The van der Waals surface area contributed by atoms with Crippen molar-refractivity contribution in [2.75, 3.05) is 13.2 Å². The van der Waals surface area contributed by atoms with Crippen LogP contribution in [0.15, 0.2) is 0 Å². The second-order valence-electron chi connectivity index (χ2n) is 4.19. The fourth-order valence-electron chi connectivity index (χ4n) is 1.81. The normalized spacial score (nSPS) is 28.5. The van der Waals surface area contributed by atoms with Gasteiger partial charge in [-0.2, -0.15) is 0 Å². The summed E-state index contributed by atoms with van der Waals surface area (Å²) in [7, 11) is 0. The van der Waals surface area contributed by atoms with Crippen molar-refractivity contribution >= 4 is 5.91 Å². The van der Waals surface area contributed by atoms with Crippen LogP contribution in [0.25, 0.3) is 0 Å². The van der Waals surface area contributed by atoms with Gasteiger partial charge in [0, 0.05) is 18.5 Å². The second kappa shape index (κ2) is 6.05. The summed E-state index contributed by atoms with van der Waals surface area (Å²) in [4.78, 5) is 11.6. The Morgan fingerprint density at radius 3 is 2.53 bits per heavy atom. The third-order valence-electron chi connectivity index (χ3n) is 2.87. The first kappa shape index (κ1) is 12.4. The van der Waals surface area contributed by atoms with E-state index in [1.807, 2.05) is 0 Å². The topological polar surface area (TPSA) is 95.6 Å². The van der Waals surface area contributed by atoms with Crippen molar-refractivity contribution in [1.29, 1.82) is 0 Å². The summed E-state index contributed by atoms with van der Waals surface area (Å²) in [6.07, 6.45) is 2.56. The molecule has 0 saturated heterocycles. The molecular weight excluding hydrogens is 196 g/mol. The Morgan fingerprint density at radius 1 is 1.40 bits per heavy atom. The minimum Gasteiger partial charge on any atom is -0.394 e. The molecule has 5 nitrogen and oxygen atoms in total. The van der Waals surface area contributed by atoms with E-state index >= 15 is 0 Å². The first-order chi connectivity index (χ1) is 7.13. The number of rotatable bonds is 4. The summed E-state index contributed by atoms with van der Waals surface area (Å²) in [5, 5.41) is 20.3. The molecule has 0 aromatic rings. The van der Waals surface area contributed by atoms with Gasteiger partial charge in [-0.15, -0.1) is 0 Å². The summed E-state index contributed by atoms with van der Waals surface area (Å²) >= 11 is 0. The number of aliphatic hydroxyl groups is 2. The van der Waals surface area contributed by atoms with Crippen molar-refractivity contribution in [2.45, 2.75) is 37.8 Å². The number of hydrogen-bond donors (Lipinski definition) is 4. The molecule has 0 aliphatic heterocycles. The molecule has 0 aromatic carbocycles. The molecule has 0 aromatic heterocycles. The first-order valence-electron chi connectivity index (χ1n) is 5.45. The standard InChI is InChI=1S/C10H20N2O3/c11-8-3-1-7(2-4-8)10(15)12-5-9(14)6-13/h7-9,13-14H,1-6,11H2,(H,12,15)/t7?,8?,9-/m0/s1. The minimum absolute atomic E-state index is 0.0238. The van der Waals surface area contributed by atoms with Crippen molar-refractivity contribution in [3.8, 4) is 0 Å². The van der Waals surface area contributed by atoms with Gasteiger partial charge in [0.2, 0.25) is 5.91 Å². The van der Waals surface area contributed by atoms with Crippen LogP contribution in [0.1, 0.15) is 25.7 Å². The van der Waals surface area contributed by atoms with Crippen LogP contribution in [0, 0.1) is 5.92 Å². The molecule has 88 valence electrons. The quantitative estimate of drug-likeness (QED) is 0.483. The van der Waals surface area contributed by atoms with Gasteiger partial charge in [-0.05, 0) is 25.7 Å². The van der Waals surface area contributed by atoms with Crippen molar-refractivity contribution < 1.29 is 15.0 Å². The lowest BCUT2D eigenvalue weighted by molar-refractivity contribution is -0.126. The largest absolute Gasteiger partial charge is 0.394 e. The maximum atomic E-state index is 11.6. The van der Waals surface area contributed by atoms with Crippen molar-refractivity contribution in [2.24, 2.45) is 11.7 Å². The zero-order chi connectivity index (χ0) is 11.3. The van der Waals surface area contributed by atoms with Crippen molar-refractivity contribution in [3.63, 3.8) is 0 Å². The maximum Gasteiger partial charge on any atom is 0.223 e. The molecule has 1 amide bonds. The Morgan fingerprint density at radius 2 is 2.00 bits per heavy atom. The molecule has 0 bridgehead atoms. The van der Waals surface area contributed by atoms with E-state index in [4.69, 9.17) is 15.9 Å². The predicted octanol–water partition coefficient (Wildman–Crippen LogP) is -1.03. The Kier molecular flexibility index (Phi) is 5.01. The van der Waals surface area contributed by atoms with Gasteiger partial charge in [-0.3, -0.25) is 4.79 Å². The van der Waals surface area contributed by atoms with E-state index in [2.05, 4.69) is 5.32 Å². The van der Waals surface area contributed by atoms with E-state index < -0.39 is 6.10 Å². The lowest BCUT2D eigenvalue weighted by atomic mass is 9.86. The van der Waals surface area contributed by atoms with Crippen LogP contribution < -0.4 is 11.1 Å². The van der Waals surface area contributed by atoms with Gasteiger partial charge in [-0.25, -0.2) is 0 Å². The molecule has 0 heterocycles. The highest BCUT2D eigenvalue weighted by molar-refractivity contribution is 5.78. The molecule has 0 spiro atoms. The van der Waals surface area contributed by atoms with Crippen LogP contribution in [-0.4, -0.2) is 41.4 Å². The van der Waals surface area contributed by atoms with Crippen LogP contribution >= 0.6 is 0 Å². The SMILES string of the molecule is NC1CCC(C(=O)NC[C@H](O)CO)CC1. The average molecular weight is 216 g/mol. The van der Waals surface area contributed by atoms with Crippen LogP contribution in [0.2, 0.25) is 0 Å². The van der Waals surface area contributed by atoms with E-state index in [1.165, 1.54) is 0 Å². The third kappa shape index (κ3) is 4.15. The van der Waals surface area contributed by atoms with Crippen molar-refractivity contribution in [1.82, 2.24) is 5.32 Å². The average Bonchev–Trinajstić information content (AvgIpc) is 2.26.